The first-order valence-electron chi connectivity index (χ1n) is 5.06. The lowest BCUT2D eigenvalue weighted by molar-refractivity contribution is -0.121. The summed E-state index contributed by atoms with van der Waals surface area (Å²) in [5, 5.41) is 14.2. The Morgan fingerprint density at radius 2 is 2.33 bits per heavy atom. The molecule has 1 heterocycles. The van der Waals surface area contributed by atoms with Gasteiger partial charge in [0.25, 0.3) is 0 Å². The van der Waals surface area contributed by atoms with Crippen LogP contribution in [-0.4, -0.2) is 23.7 Å². The number of thiophene rings is 1. The topological polar surface area (TPSA) is 49.3 Å². The van der Waals surface area contributed by atoms with Crippen LogP contribution in [0.2, 0.25) is 0 Å². The van der Waals surface area contributed by atoms with Crippen LogP contribution in [0.3, 0.4) is 0 Å². The van der Waals surface area contributed by atoms with Gasteiger partial charge in [0.15, 0.2) is 0 Å². The Labute approximate surface area is 94.1 Å². The summed E-state index contributed by atoms with van der Waals surface area (Å²) in [7, 11) is 0. The summed E-state index contributed by atoms with van der Waals surface area (Å²) in [5.41, 5.74) is 0. The Kier molecular flexibility index (Phi) is 4.78. The minimum absolute atomic E-state index is 0.0304. The van der Waals surface area contributed by atoms with E-state index in [2.05, 4.69) is 5.32 Å². The average Bonchev–Trinajstić information content (AvgIpc) is 2.66. The van der Waals surface area contributed by atoms with Gasteiger partial charge in [0.2, 0.25) is 5.91 Å². The van der Waals surface area contributed by atoms with E-state index < -0.39 is 6.10 Å². The van der Waals surface area contributed by atoms with Crippen LogP contribution < -0.4 is 5.32 Å². The number of aliphatic hydroxyl groups excluding tert-OH is 1. The number of nitrogens with one attached hydrogen (secondary N) is 1. The zero-order valence-electron chi connectivity index (χ0n) is 9.06. The minimum atomic E-state index is -0.461. The van der Waals surface area contributed by atoms with E-state index in [4.69, 9.17) is 0 Å². The zero-order chi connectivity index (χ0) is 11.3. The van der Waals surface area contributed by atoms with E-state index in [9.17, 15) is 9.90 Å². The second-order valence-electron chi connectivity index (χ2n) is 3.87. The first-order chi connectivity index (χ1) is 7.09. The van der Waals surface area contributed by atoms with Gasteiger partial charge >= 0.3 is 0 Å². The van der Waals surface area contributed by atoms with E-state index in [1.807, 2.05) is 31.4 Å². The lowest BCUT2D eigenvalue weighted by Gasteiger charge is -2.14. The van der Waals surface area contributed by atoms with Crippen molar-refractivity contribution in [3.8, 4) is 0 Å². The third-order valence-electron chi connectivity index (χ3n) is 2.19. The predicted molar refractivity (Wildman–Crippen MR) is 61.9 cm³/mol. The maximum atomic E-state index is 11.4. The Morgan fingerprint density at radius 1 is 1.60 bits per heavy atom. The summed E-state index contributed by atoms with van der Waals surface area (Å²) in [5.74, 6) is 0.143. The van der Waals surface area contributed by atoms with E-state index in [0.717, 1.165) is 4.88 Å². The maximum absolute atomic E-state index is 11.4. The molecule has 0 spiro atoms. The molecule has 2 N–H and O–H groups in total. The van der Waals surface area contributed by atoms with Crippen LogP contribution in [-0.2, 0) is 11.2 Å². The molecule has 3 nitrogen and oxygen atoms in total. The second-order valence-corrected chi connectivity index (χ2v) is 4.90. The van der Waals surface area contributed by atoms with Crippen molar-refractivity contribution in [3.05, 3.63) is 22.4 Å². The highest BCUT2D eigenvalue weighted by molar-refractivity contribution is 7.10. The van der Waals surface area contributed by atoms with Crippen LogP contribution >= 0.6 is 11.3 Å². The molecule has 0 aliphatic heterocycles. The molecule has 0 aliphatic rings. The summed E-state index contributed by atoms with van der Waals surface area (Å²) < 4.78 is 0. The summed E-state index contributed by atoms with van der Waals surface area (Å²) >= 11 is 1.57. The first kappa shape index (κ1) is 12.2. The molecule has 1 rings (SSSR count). The molecule has 0 saturated heterocycles. The number of amides is 1. The van der Waals surface area contributed by atoms with Crippen molar-refractivity contribution in [1.29, 1.82) is 0 Å². The highest BCUT2D eigenvalue weighted by Crippen LogP contribution is 2.08. The number of hydrogen-bond acceptors (Lipinski definition) is 3. The van der Waals surface area contributed by atoms with Crippen LogP contribution in [0, 0.1) is 5.92 Å². The summed E-state index contributed by atoms with van der Waals surface area (Å²) in [6.07, 6.45) is -0.0556. The number of aliphatic hydroxyl groups is 1. The Balaban J connectivity index is 2.25. The minimum Gasteiger partial charge on any atom is -0.391 e. The highest BCUT2D eigenvalue weighted by Gasteiger charge is 2.10. The third-order valence-corrected chi connectivity index (χ3v) is 3.07. The Hall–Kier alpha value is -0.870. The molecule has 1 aromatic heterocycles. The van der Waals surface area contributed by atoms with Crippen molar-refractivity contribution in [3.63, 3.8) is 0 Å². The van der Waals surface area contributed by atoms with Gasteiger partial charge in [-0.05, 0) is 17.4 Å². The fourth-order valence-electron chi connectivity index (χ4n) is 1.09. The zero-order valence-corrected chi connectivity index (χ0v) is 9.88. The molecule has 0 aliphatic carbocycles. The quantitative estimate of drug-likeness (QED) is 0.799. The van der Waals surface area contributed by atoms with Crippen LogP contribution in [0.4, 0.5) is 0 Å². The number of carbonyl (C=O) groups excluding carboxylic acids is 1. The van der Waals surface area contributed by atoms with E-state index in [0.29, 0.717) is 13.0 Å². The van der Waals surface area contributed by atoms with Gasteiger partial charge in [-0.2, -0.15) is 0 Å². The molecule has 0 aromatic carbocycles. The molecule has 1 atom stereocenters. The van der Waals surface area contributed by atoms with Gasteiger partial charge in [0.05, 0.1) is 12.5 Å². The van der Waals surface area contributed by atoms with E-state index in [1.165, 1.54) is 0 Å². The van der Waals surface area contributed by atoms with Crippen LogP contribution in [0.1, 0.15) is 18.7 Å². The van der Waals surface area contributed by atoms with Crippen LogP contribution in [0.5, 0.6) is 0 Å². The van der Waals surface area contributed by atoms with Gasteiger partial charge in [-0.15, -0.1) is 11.3 Å². The van der Waals surface area contributed by atoms with Crippen LogP contribution in [0.15, 0.2) is 17.5 Å². The fourth-order valence-corrected chi connectivity index (χ4v) is 1.79. The SMILES string of the molecule is CC(C)C(O)CNC(=O)Cc1cccs1. The number of carbonyl (C=O) groups is 1. The number of hydrogen-bond donors (Lipinski definition) is 2. The molecular formula is C11H17NO2S. The van der Waals surface area contributed by atoms with Crippen LogP contribution in [0.25, 0.3) is 0 Å². The predicted octanol–water partition coefficient (Wildman–Crippen LogP) is 1.42. The summed E-state index contributed by atoms with van der Waals surface area (Å²) in [6, 6.07) is 3.86. The normalized spacial score (nSPS) is 12.8. The molecule has 84 valence electrons. The van der Waals surface area contributed by atoms with Crippen molar-refractivity contribution in [1.82, 2.24) is 5.32 Å². The molecule has 1 unspecified atom stereocenters. The lowest BCUT2D eigenvalue weighted by Crippen LogP contribution is -2.35. The van der Waals surface area contributed by atoms with E-state index >= 15 is 0 Å². The summed E-state index contributed by atoms with van der Waals surface area (Å²) in [4.78, 5) is 12.5. The fraction of sp³-hybridized carbons (Fsp3) is 0.545. The van der Waals surface area contributed by atoms with E-state index in [-0.39, 0.29) is 11.8 Å². The molecule has 0 saturated carbocycles. The highest BCUT2D eigenvalue weighted by atomic mass is 32.1. The van der Waals surface area contributed by atoms with Crippen molar-refractivity contribution in [2.45, 2.75) is 26.4 Å². The Morgan fingerprint density at radius 3 is 2.87 bits per heavy atom. The third kappa shape index (κ3) is 4.44. The smallest absolute Gasteiger partial charge is 0.225 e. The molecule has 4 heteroatoms. The van der Waals surface area contributed by atoms with E-state index in [1.54, 1.807) is 11.3 Å². The second kappa shape index (κ2) is 5.88. The first-order valence-corrected chi connectivity index (χ1v) is 5.94. The van der Waals surface area contributed by atoms with Gasteiger partial charge in [-0.1, -0.05) is 19.9 Å². The van der Waals surface area contributed by atoms with Gasteiger partial charge in [-0.3, -0.25) is 4.79 Å². The van der Waals surface area contributed by atoms with Crippen molar-refractivity contribution < 1.29 is 9.90 Å². The molecule has 0 bridgehead atoms. The van der Waals surface area contributed by atoms with Gasteiger partial charge in [0, 0.05) is 11.4 Å². The molecule has 0 radical (unpaired) electrons. The molecular weight excluding hydrogens is 210 g/mol. The van der Waals surface area contributed by atoms with Crippen molar-refractivity contribution in [2.24, 2.45) is 5.92 Å². The summed E-state index contributed by atoms with van der Waals surface area (Å²) in [6.45, 7) is 4.19. The van der Waals surface area contributed by atoms with Crippen molar-refractivity contribution >= 4 is 17.2 Å². The molecule has 15 heavy (non-hydrogen) atoms. The van der Waals surface area contributed by atoms with Gasteiger partial charge in [-0.25, -0.2) is 0 Å². The lowest BCUT2D eigenvalue weighted by atomic mass is 10.1. The number of rotatable bonds is 5. The maximum Gasteiger partial charge on any atom is 0.225 e. The average molecular weight is 227 g/mol. The molecule has 1 aromatic rings. The standard InChI is InChI=1S/C11H17NO2S/c1-8(2)10(13)7-12-11(14)6-9-4-3-5-15-9/h3-5,8,10,13H,6-7H2,1-2H3,(H,12,14). The monoisotopic (exact) mass is 227 g/mol. The Bertz CT molecular complexity index is 296. The van der Waals surface area contributed by atoms with Gasteiger partial charge in [0.1, 0.15) is 0 Å². The largest absolute Gasteiger partial charge is 0.391 e. The van der Waals surface area contributed by atoms with Gasteiger partial charge < -0.3 is 10.4 Å². The molecule has 1 amide bonds. The van der Waals surface area contributed by atoms with Crippen molar-refractivity contribution in [2.75, 3.05) is 6.54 Å². The molecule has 0 fully saturated rings.